The Bertz CT molecular complexity index is 713. The molecule has 0 aliphatic rings. The predicted octanol–water partition coefficient (Wildman–Crippen LogP) is 0.833. The molecule has 0 fully saturated rings. The molecule has 108 valence electrons. The van der Waals surface area contributed by atoms with E-state index in [0.717, 1.165) is 0 Å². The Morgan fingerprint density at radius 3 is 3.00 bits per heavy atom. The molecular weight excluding hydrogens is 273 g/mol. The van der Waals surface area contributed by atoms with Gasteiger partial charge < -0.3 is 15.0 Å². The van der Waals surface area contributed by atoms with Crippen LogP contribution in [0.2, 0.25) is 0 Å². The van der Waals surface area contributed by atoms with Crippen molar-refractivity contribution < 1.29 is 14.3 Å². The van der Waals surface area contributed by atoms with E-state index in [9.17, 15) is 9.18 Å². The first-order valence-electron chi connectivity index (χ1n) is 6.25. The van der Waals surface area contributed by atoms with E-state index in [4.69, 9.17) is 5.11 Å². The molecule has 6 heteroatoms. The molecule has 21 heavy (non-hydrogen) atoms. The number of halogens is 1. The fourth-order valence-corrected chi connectivity index (χ4v) is 1.77. The zero-order chi connectivity index (χ0) is 15.2. The number of carbonyl (C=O) groups excluding carboxylic acids is 1. The standard InChI is InChI=1S/C15H14FN3O2/c1-19-7-6-17-14(19)10-18-15(21)13-5-4-12(16)9-11(13)3-2-8-20/h4-7,9,20H,8,10H2,1H3,(H,18,21). The number of aliphatic hydroxyl groups excluding tert-OH is 1. The summed E-state index contributed by atoms with van der Waals surface area (Å²) in [5.41, 5.74) is 0.493. The average molecular weight is 287 g/mol. The van der Waals surface area contributed by atoms with Gasteiger partial charge in [-0.25, -0.2) is 9.37 Å². The zero-order valence-corrected chi connectivity index (χ0v) is 11.4. The summed E-state index contributed by atoms with van der Waals surface area (Å²) in [5, 5.41) is 11.4. The smallest absolute Gasteiger partial charge is 0.252 e. The first kappa shape index (κ1) is 14.8. The molecule has 0 unspecified atom stereocenters. The van der Waals surface area contributed by atoms with Gasteiger partial charge in [-0.05, 0) is 18.2 Å². The van der Waals surface area contributed by atoms with Gasteiger partial charge in [-0.1, -0.05) is 11.8 Å². The van der Waals surface area contributed by atoms with Crippen LogP contribution in [-0.4, -0.2) is 27.2 Å². The Kier molecular flexibility index (Phi) is 4.69. The molecule has 0 bridgehead atoms. The first-order valence-corrected chi connectivity index (χ1v) is 6.25. The van der Waals surface area contributed by atoms with Gasteiger partial charge in [-0.3, -0.25) is 4.79 Å². The van der Waals surface area contributed by atoms with Crippen LogP contribution >= 0.6 is 0 Å². The van der Waals surface area contributed by atoms with E-state index in [1.165, 1.54) is 18.2 Å². The summed E-state index contributed by atoms with van der Waals surface area (Å²) in [6, 6.07) is 3.72. The molecule has 5 nitrogen and oxygen atoms in total. The van der Waals surface area contributed by atoms with Crippen LogP contribution in [-0.2, 0) is 13.6 Å². The highest BCUT2D eigenvalue weighted by atomic mass is 19.1. The molecule has 0 aliphatic heterocycles. The van der Waals surface area contributed by atoms with E-state index in [0.29, 0.717) is 5.82 Å². The van der Waals surface area contributed by atoms with Gasteiger partial charge in [0, 0.05) is 25.0 Å². The van der Waals surface area contributed by atoms with E-state index in [1.54, 1.807) is 17.0 Å². The molecule has 2 aromatic rings. The minimum atomic E-state index is -0.488. The highest BCUT2D eigenvalue weighted by molar-refractivity contribution is 5.96. The Balaban J connectivity index is 2.17. The zero-order valence-electron chi connectivity index (χ0n) is 11.4. The van der Waals surface area contributed by atoms with E-state index < -0.39 is 5.82 Å². The molecule has 0 spiro atoms. The van der Waals surface area contributed by atoms with Crippen molar-refractivity contribution in [1.82, 2.24) is 14.9 Å². The Morgan fingerprint density at radius 2 is 2.33 bits per heavy atom. The minimum Gasteiger partial charge on any atom is -0.384 e. The summed E-state index contributed by atoms with van der Waals surface area (Å²) in [4.78, 5) is 16.2. The lowest BCUT2D eigenvalue weighted by Gasteiger charge is -2.07. The lowest BCUT2D eigenvalue weighted by atomic mass is 10.1. The molecule has 2 rings (SSSR count). The van der Waals surface area contributed by atoms with Gasteiger partial charge in [0.25, 0.3) is 5.91 Å². The van der Waals surface area contributed by atoms with Crippen LogP contribution in [0, 0.1) is 17.7 Å². The summed E-state index contributed by atoms with van der Waals surface area (Å²) >= 11 is 0. The molecule has 0 aliphatic carbocycles. The number of rotatable bonds is 3. The summed E-state index contributed by atoms with van der Waals surface area (Å²) in [6.07, 6.45) is 3.41. The number of hydrogen-bond donors (Lipinski definition) is 2. The number of carbonyl (C=O) groups is 1. The Labute approximate surface area is 121 Å². The molecule has 0 atom stereocenters. The fraction of sp³-hybridized carbons (Fsp3) is 0.200. The third-order valence-electron chi connectivity index (χ3n) is 2.86. The van der Waals surface area contributed by atoms with Crippen molar-refractivity contribution in [2.45, 2.75) is 6.54 Å². The average Bonchev–Trinajstić information content (AvgIpc) is 2.88. The normalized spacial score (nSPS) is 9.86. The van der Waals surface area contributed by atoms with Crippen molar-refractivity contribution in [3.63, 3.8) is 0 Å². The van der Waals surface area contributed by atoms with Gasteiger partial charge in [0.2, 0.25) is 0 Å². The number of aryl methyl sites for hydroxylation is 1. The Hall–Kier alpha value is -2.65. The fourth-order valence-electron chi connectivity index (χ4n) is 1.77. The van der Waals surface area contributed by atoms with Crippen LogP contribution in [0.4, 0.5) is 4.39 Å². The van der Waals surface area contributed by atoms with E-state index >= 15 is 0 Å². The summed E-state index contributed by atoms with van der Waals surface area (Å²) in [7, 11) is 1.82. The van der Waals surface area contributed by atoms with Crippen molar-refractivity contribution >= 4 is 5.91 Å². The number of benzene rings is 1. The van der Waals surface area contributed by atoms with Crippen molar-refractivity contribution in [1.29, 1.82) is 0 Å². The molecule has 0 radical (unpaired) electrons. The summed E-state index contributed by atoms with van der Waals surface area (Å²) in [6.45, 7) is -0.0998. The number of amides is 1. The molecule has 1 amide bonds. The topological polar surface area (TPSA) is 67.2 Å². The second kappa shape index (κ2) is 6.68. The van der Waals surface area contributed by atoms with E-state index in [-0.39, 0.29) is 30.2 Å². The first-order chi connectivity index (χ1) is 10.1. The second-order valence-electron chi connectivity index (χ2n) is 4.29. The molecule has 0 saturated heterocycles. The van der Waals surface area contributed by atoms with Gasteiger partial charge in [0.05, 0.1) is 12.1 Å². The maximum absolute atomic E-state index is 13.2. The van der Waals surface area contributed by atoms with E-state index in [2.05, 4.69) is 22.1 Å². The van der Waals surface area contributed by atoms with Crippen LogP contribution in [0.25, 0.3) is 0 Å². The van der Waals surface area contributed by atoms with Crippen LogP contribution in [0.1, 0.15) is 21.7 Å². The largest absolute Gasteiger partial charge is 0.384 e. The van der Waals surface area contributed by atoms with Crippen molar-refractivity contribution in [2.75, 3.05) is 6.61 Å². The van der Waals surface area contributed by atoms with Gasteiger partial charge in [0.1, 0.15) is 18.2 Å². The number of imidazole rings is 1. The number of aromatic nitrogens is 2. The number of hydrogen-bond acceptors (Lipinski definition) is 3. The van der Waals surface area contributed by atoms with Crippen LogP contribution < -0.4 is 5.32 Å². The molecule has 0 saturated carbocycles. The van der Waals surface area contributed by atoms with Gasteiger partial charge in [-0.2, -0.15) is 0 Å². The summed E-state index contributed by atoms with van der Waals surface area (Å²) < 4.78 is 15.0. The third-order valence-corrected chi connectivity index (χ3v) is 2.86. The van der Waals surface area contributed by atoms with Crippen LogP contribution in [0.5, 0.6) is 0 Å². The Morgan fingerprint density at radius 1 is 1.52 bits per heavy atom. The molecule has 1 heterocycles. The van der Waals surface area contributed by atoms with Gasteiger partial charge in [0.15, 0.2) is 0 Å². The van der Waals surface area contributed by atoms with Crippen molar-refractivity contribution in [3.8, 4) is 11.8 Å². The lowest BCUT2D eigenvalue weighted by molar-refractivity contribution is 0.0949. The molecule has 1 aromatic heterocycles. The number of aliphatic hydroxyl groups is 1. The minimum absolute atomic E-state index is 0.237. The number of nitrogens with one attached hydrogen (secondary N) is 1. The monoisotopic (exact) mass is 287 g/mol. The van der Waals surface area contributed by atoms with E-state index in [1.807, 2.05) is 7.05 Å². The molecule has 2 N–H and O–H groups in total. The van der Waals surface area contributed by atoms with Gasteiger partial charge in [-0.15, -0.1) is 0 Å². The summed E-state index contributed by atoms with van der Waals surface area (Å²) in [5.74, 6) is 4.82. The number of nitrogens with zero attached hydrogens (tertiary/aromatic N) is 2. The van der Waals surface area contributed by atoms with Gasteiger partial charge >= 0.3 is 0 Å². The van der Waals surface area contributed by atoms with Crippen LogP contribution in [0.3, 0.4) is 0 Å². The molecule has 1 aromatic carbocycles. The van der Waals surface area contributed by atoms with Crippen molar-refractivity contribution in [3.05, 3.63) is 53.4 Å². The maximum atomic E-state index is 13.2. The third kappa shape index (κ3) is 3.68. The van der Waals surface area contributed by atoms with Crippen molar-refractivity contribution in [2.24, 2.45) is 7.05 Å². The lowest BCUT2D eigenvalue weighted by Crippen LogP contribution is -2.25. The SMILES string of the molecule is Cn1ccnc1CNC(=O)c1ccc(F)cc1C#CCO. The maximum Gasteiger partial charge on any atom is 0.252 e. The molecular formula is C15H14FN3O2. The second-order valence-corrected chi connectivity index (χ2v) is 4.29. The quantitative estimate of drug-likeness (QED) is 0.822. The highest BCUT2D eigenvalue weighted by Gasteiger charge is 2.11. The highest BCUT2D eigenvalue weighted by Crippen LogP contribution is 2.10. The van der Waals surface area contributed by atoms with Crippen LogP contribution in [0.15, 0.2) is 30.6 Å². The predicted molar refractivity (Wildman–Crippen MR) is 74.7 cm³/mol.